The van der Waals surface area contributed by atoms with Crippen LogP contribution in [-0.2, 0) is 4.79 Å². The molecule has 0 N–H and O–H groups in total. The van der Waals surface area contributed by atoms with Crippen molar-refractivity contribution in [2.24, 2.45) is 0 Å². The summed E-state index contributed by atoms with van der Waals surface area (Å²) in [5.41, 5.74) is 1.25. The Bertz CT molecular complexity index is 377. The first-order valence-electron chi connectivity index (χ1n) is 6.32. The zero-order valence-corrected chi connectivity index (χ0v) is 10.6. The molecule has 1 aromatic rings. The Morgan fingerprint density at radius 2 is 2.00 bits per heavy atom. The van der Waals surface area contributed by atoms with E-state index in [1.54, 1.807) is 0 Å². The Hall–Kier alpha value is -1.51. The molecule has 2 rings (SSSR count). The Kier molecular flexibility index (Phi) is 3.67. The molecule has 0 saturated carbocycles. The fraction of sp³-hybridized carbons (Fsp3) is 0.500. The van der Waals surface area contributed by atoms with E-state index in [-0.39, 0.29) is 5.91 Å². The fourth-order valence-corrected chi connectivity index (χ4v) is 2.41. The summed E-state index contributed by atoms with van der Waals surface area (Å²) < 4.78 is 0. The summed E-state index contributed by atoms with van der Waals surface area (Å²) in [5.74, 6) is 0.268. The third kappa shape index (κ3) is 2.60. The lowest BCUT2D eigenvalue weighted by Gasteiger charge is -2.41. The largest absolute Gasteiger partial charge is 0.365 e. The summed E-state index contributed by atoms with van der Waals surface area (Å²) in [7, 11) is 0. The monoisotopic (exact) mass is 232 g/mol. The highest BCUT2D eigenvalue weighted by atomic mass is 16.2. The van der Waals surface area contributed by atoms with Crippen LogP contribution in [0.5, 0.6) is 0 Å². The Morgan fingerprint density at radius 1 is 1.29 bits per heavy atom. The van der Waals surface area contributed by atoms with Gasteiger partial charge in [-0.3, -0.25) is 4.79 Å². The van der Waals surface area contributed by atoms with Crippen LogP contribution >= 0.6 is 0 Å². The molecular weight excluding hydrogens is 212 g/mol. The minimum absolute atomic E-state index is 0.268. The molecule has 1 amide bonds. The summed E-state index contributed by atoms with van der Waals surface area (Å²) in [6.45, 7) is 6.71. The van der Waals surface area contributed by atoms with Crippen molar-refractivity contribution in [1.29, 1.82) is 0 Å². The molecule has 0 spiro atoms. The Labute approximate surface area is 103 Å². The van der Waals surface area contributed by atoms with E-state index in [1.807, 2.05) is 17.9 Å². The summed E-state index contributed by atoms with van der Waals surface area (Å²) in [6.07, 6.45) is 0.609. The SMILES string of the molecule is CCC(=O)N1CCN(c2ccccc2)C(C)C1. The van der Waals surface area contributed by atoms with Crippen LogP contribution in [0.2, 0.25) is 0 Å². The van der Waals surface area contributed by atoms with E-state index in [0.717, 1.165) is 19.6 Å². The van der Waals surface area contributed by atoms with Gasteiger partial charge in [-0.25, -0.2) is 0 Å². The van der Waals surface area contributed by atoms with Gasteiger partial charge >= 0.3 is 0 Å². The van der Waals surface area contributed by atoms with E-state index < -0.39 is 0 Å². The van der Waals surface area contributed by atoms with Gasteiger partial charge in [0.25, 0.3) is 0 Å². The molecule has 3 heteroatoms. The number of benzene rings is 1. The lowest BCUT2D eigenvalue weighted by molar-refractivity contribution is -0.131. The normalized spacial score (nSPS) is 20.5. The molecule has 1 aliphatic heterocycles. The maximum absolute atomic E-state index is 11.7. The minimum atomic E-state index is 0.268. The molecule has 1 heterocycles. The van der Waals surface area contributed by atoms with E-state index >= 15 is 0 Å². The van der Waals surface area contributed by atoms with Gasteiger partial charge in [0.15, 0.2) is 0 Å². The molecule has 1 atom stereocenters. The zero-order chi connectivity index (χ0) is 12.3. The van der Waals surface area contributed by atoms with E-state index in [9.17, 15) is 4.79 Å². The molecule has 3 nitrogen and oxygen atoms in total. The summed E-state index contributed by atoms with van der Waals surface area (Å²) >= 11 is 0. The number of hydrogen-bond acceptors (Lipinski definition) is 2. The number of carbonyl (C=O) groups excluding carboxylic acids is 1. The standard InChI is InChI=1S/C14H20N2O/c1-3-14(17)15-9-10-16(12(2)11-15)13-7-5-4-6-8-13/h4-8,12H,3,9-11H2,1-2H3. The molecule has 0 aliphatic carbocycles. The predicted octanol–water partition coefficient (Wildman–Crippen LogP) is 2.13. The van der Waals surface area contributed by atoms with Crippen LogP contribution < -0.4 is 4.90 Å². The van der Waals surface area contributed by atoms with Gasteiger partial charge in [0.1, 0.15) is 0 Å². The van der Waals surface area contributed by atoms with Crippen LogP contribution in [-0.4, -0.2) is 36.5 Å². The van der Waals surface area contributed by atoms with Crippen LogP contribution in [0.1, 0.15) is 20.3 Å². The first-order valence-corrected chi connectivity index (χ1v) is 6.32. The molecule has 0 bridgehead atoms. The fourth-order valence-electron chi connectivity index (χ4n) is 2.41. The molecule has 0 aromatic heterocycles. The van der Waals surface area contributed by atoms with Crippen molar-refractivity contribution in [2.45, 2.75) is 26.3 Å². The quantitative estimate of drug-likeness (QED) is 0.780. The number of hydrogen-bond donors (Lipinski definition) is 0. The highest BCUT2D eigenvalue weighted by Gasteiger charge is 2.25. The number of amides is 1. The van der Waals surface area contributed by atoms with Crippen LogP contribution in [0, 0.1) is 0 Å². The Balaban J connectivity index is 2.04. The summed E-state index contributed by atoms with van der Waals surface area (Å²) in [5, 5.41) is 0. The van der Waals surface area contributed by atoms with E-state index in [4.69, 9.17) is 0 Å². The van der Waals surface area contributed by atoms with Gasteiger partial charge in [0.2, 0.25) is 5.91 Å². The number of carbonyl (C=O) groups is 1. The van der Waals surface area contributed by atoms with Gasteiger partial charge in [0, 0.05) is 37.8 Å². The second-order valence-corrected chi connectivity index (χ2v) is 4.57. The molecule has 17 heavy (non-hydrogen) atoms. The maximum atomic E-state index is 11.7. The van der Waals surface area contributed by atoms with Gasteiger partial charge in [0.05, 0.1) is 0 Å². The maximum Gasteiger partial charge on any atom is 0.222 e. The number of nitrogens with zero attached hydrogens (tertiary/aromatic N) is 2. The predicted molar refractivity (Wildman–Crippen MR) is 70.1 cm³/mol. The molecular formula is C14H20N2O. The van der Waals surface area contributed by atoms with Crippen molar-refractivity contribution >= 4 is 11.6 Å². The average molecular weight is 232 g/mol. The number of rotatable bonds is 2. The van der Waals surface area contributed by atoms with Crippen molar-refractivity contribution in [1.82, 2.24) is 4.90 Å². The highest BCUT2D eigenvalue weighted by Crippen LogP contribution is 2.20. The molecule has 1 saturated heterocycles. The first kappa shape index (κ1) is 12.0. The van der Waals surface area contributed by atoms with Gasteiger partial charge in [-0.05, 0) is 19.1 Å². The van der Waals surface area contributed by atoms with Crippen molar-refractivity contribution < 1.29 is 4.79 Å². The van der Waals surface area contributed by atoms with Gasteiger partial charge in [-0.1, -0.05) is 25.1 Å². The van der Waals surface area contributed by atoms with E-state index in [2.05, 4.69) is 36.1 Å². The van der Waals surface area contributed by atoms with Crippen LogP contribution in [0.25, 0.3) is 0 Å². The van der Waals surface area contributed by atoms with Gasteiger partial charge in [-0.2, -0.15) is 0 Å². The third-order valence-corrected chi connectivity index (χ3v) is 3.37. The summed E-state index contributed by atoms with van der Waals surface area (Å²) in [6, 6.07) is 10.8. The topological polar surface area (TPSA) is 23.6 Å². The lowest BCUT2D eigenvalue weighted by atomic mass is 10.1. The van der Waals surface area contributed by atoms with Gasteiger partial charge in [-0.15, -0.1) is 0 Å². The molecule has 92 valence electrons. The molecule has 1 aliphatic rings. The Morgan fingerprint density at radius 3 is 2.59 bits per heavy atom. The average Bonchev–Trinajstić information content (AvgIpc) is 2.38. The lowest BCUT2D eigenvalue weighted by Crippen LogP contribution is -2.53. The van der Waals surface area contributed by atoms with Crippen molar-refractivity contribution in [3.05, 3.63) is 30.3 Å². The van der Waals surface area contributed by atoms with Crippen LogP contribution in [0.3, 0.4) is 0 Å². The van der Waals surface area contributed by atoms with Crippen molar-refractivity contribution in [3.8, 4) is 0 Å². The van der Waals surface area contributed by atoms with E-state index in [1.165, 1.54) is 5.69 Å². The summed E-state index contributed by atoms with van der Waals surface area (Å²) in [4.78, 5) is 16.0. The van der Waals surface area contributed by atoms with Crippen LogP contribution in [0.15, 0.2) is 30.3 Å². The van der Waals surface area contributed by atoms with Crippen molar-refractivity contribution in [2.75, 3.05) is 24.5 Å². The van der Waals surface area contributed by atoms with Crippen molar-refractivity contribution in [3.63, 3.8) is 0 Å². The zero-order valence-electron chi connectivity index (χ0n) is 10.6. The number of piperazine rings is 1. The number of anilines is 1. The highest BCUT2D eigenvalue weighted by molar-refractivity contribution is 5.76. The second-order valence-electron chi connectivity index (χ2n) is 4.57. The molecule has 0 radical (unpaired) electrons. The molecule has 1 aromatic carbocycles. The second kappa shape index (κ2) is 5.21. The first-order chi connectivity index (χ1) is 8.22. The van der Waals surface area contributed by atoms with E-state index in [0.29, 0.717) is 12.5 Å². The minimum Gasteiger partial charge on any atom is -0.365 e. The third-order valence-electron chi connectivity index (χ3n) is 3.37. The molecule has 1 unspecified atom stereocenters. The number of para-hydroxylation sites is 1. The van der Waals surface area contributed by atoms with Crippen LogP contribution in [0.4, 0.5) is 5.69 Å². The van der Waals surface area contributed by atoms with Gasteiger partial charge < -0.3 is 9.80 Å². The smallest absolute Gasteiger partial charge is 0.222 e. The molecule has 1 fully saturated rings.